The molecule has 2 aromatic carbocycles. The number of benzene rings is 2. The van der Waals surface area contributed by atoms with Crippen LogP contribution in [0, 0.1) is 6.92 Å². The summed E-state index contributed by atoms with van der Waals surface area (Å²) in [5, 5.41) is 11.6. The molecule has 0 aliphatic carbocycles. The van der Waals surface area contributed by atoms with Gasteiger partial charge in [-0.15, -0.1) is 0 Å². The molecule has 0 aliphatic rings. The molecule has 21 heavy (non-hydrogen) atoms. The summed E-state index contributed by atoms with van der Waals surface area (Å²) in [5.74, 6) is 0.786. The second-order valence-electron chi connectivity index (χ2n) is 5.09. The maximum atomic E-state index is 10.6. The van der Waals surface area contributed by atoms with E-state index in [0.29, 0.717) is 0 Å². The van der Waals surface area contributed by atoms with Crippen molar-refractivity contribution in [2.24, 2.45) is 0 Å². The summed E-state index contributed by atoms with van der Waals surface area (Å²) in [5.41, 5.74) is 3.65. The predicted octanol–water partition coefficient (Wildman–Crippen LogP) is 3.63. The molecule has 1 heterocycles. The normalized spacial score (nSPS) is 12.3. The highest BCUT2D eigenvalue weighted by molar-refractivity contribution is 5.79. The molecule has 3 heteroatoms. The molecule has 1 unspecified atom stereocenters. The highest BCUT2D eigenvalue weighted by atomic mass is 16.5. The fourth-order valence-electron chi connectivity index (χ4n) is 2.46. The van der Waals surface area contributed by atoms with Gasteiger partial charge in [-0.3, -0.25) is 4.98 Å². The summed E-state index contributed by atoms with van der Waals surface area (Å²) in [6.45, 7) is 1.98. The number of aliphatic hydroxyl groups is 1. The first-order chi connectivity index (χ1) is 10.2. The third-order valence-corrected chi connectivity index (χ3v) is 3.69. The number of aromatic nitrogens is 1. The minimum absolute atomic E-state index is 0.677. The quantitative estimate of drug-likeness (QED) is 0.796. The van der Waals surface area contributed by atoms with Crippen LogP contribution in [0.5, 0.6) is 5.75 Å². The van der Waals surface area contributed by atoms with E-state index in [2.05, 4.69) is 4.98 Å². The number of aliphatic hydroxyl groups excluding tert-OH is 1. The maximum Gasteiger partial charge on any atom is 0.122 e. The molecule has 0 saturated carbocycles. The Balaban J connectivity index is 2.01. The first-order valence-electron chi connectivity index (χ1n) is 6.86. The molecule has 0 fully saturated rings. The number of fused-ring (bicyclic) bond motifs is 1. The zero-order valence-corrected chi connectivity index (χ0v) is 12.1. The Labute approximate surface area is 123 Å². The average Bonchev–Trinajstić information content (AvgIpc) is 2.54. The van der Waals surface area contributed by atoms with E-state index < -0.39 is 6.10 Å². The zero-order chi connectivity index (χ0) is 14.8. The lowest BCUT2D eigenvalue weighted by atomic mass is 9.98. The summed E-state index contributed by atoms with van der Waals surface area (Å²) in [6, 6.07) is 15.5. The van der Waals surface area contributed by atoms with Crippen LogP contribution in [-0.4, -0.2) is 17.2 Å². The summed E-state index contributed by atoms with van der Waals surface area (Å²) in [7, 11) is 1.64. The third kappa shape index (κ3) is 2.60. The van der Waals surface area contributed by atoms with Gasteiger partial charge in [0.15, 0.2) is 0 Å². The molecule has 1 atom stereocenters. The Bertz CT molecular complexity index is 783. The Morgan fingerprint density at radius 3 is 2.62 bits per heavy atom. The Kier molecular flexibility index (Phi) is 3.59. The van der Waals surface area contributed by atoms with Crippen LogP contribution in [0.2, 0.25) is 0 Å². The molecule has 3 aromatic rings. The largest absolute Gasteiger partial charge is 0.496 e. The van der Waals surface area contributed by atoms with Crippen LogP contribution >= 0.6 is 0 Å². The Hall–Kier alpha value is -2.39. The SMILES string of the molecule is COc1cc(C(O)c2ccc3ncccc3c2)ccc1C. The molecule has 0 amide bonds. The standard InChI is InChI=1S/C18H17NO2/c1-12-5-6-15(11-17(12)21-2)18(20)14-7-8-16-13(10-14)4-3-9-19-16/h3-11,18,20H,1-2H3. The van der Waals surface area contributed by atoms with E-state index in [9.17, 15) is 5.11 Å². The third-order valence-electron chi connectivity index (χ3n) is 3.69. The van der Waals surface area contributed by atoms with Crippen LogP contribution in [-0.2, 0) is 0 Å². The molecule has 0 bridgehead atoms. The molecule has 1 aromatic heterocycles. The zero-order valence-electron chi connectivity index (χ0n) is 12.1. The number of pyridine rings is 1. The minimum Gasteiger partial charge on any atom is -0.496 e. The second kappa shape index (κ2) is 5.54. The lowest BCUT2D eigenvalue weighted by Crippen LogP contribution is -2.01. The van der Waals surface area contributed by atoms with Crippen LogP contribution in [0.15, 0.2) is 54.7 Å². The highest BCUT2D eigenvalue weighted by Crippen LogP contribution is 2.28. The van der Waals surface area contributed by atoms with Crippen LogP contribution in [0.1, 0.15) is 22.8 Å². The number of hydrogen-bond donors (Lipinski definition) is 1. The Morgan fingerprint density at radius 1 is 1.05 bits per heavy atom. The molecule has 3 nitrogen and oxygen atoms in total. The van der Waals surface area contributed by atoms with Gasteiger partial charge in [-0.05, 0) is 47.9 Å². The molecule has 106 valence electrons. The number of nitrogens with zero attached hydrogens (tertiary/aromatic N) is 1. The van der Waals surface area contributed by atoms with Gasteiger partial charge >= 0.3 is 0 Å². The van der Waals surface area contributed by atoms with Crippen molar-refractivity contribution in [2.45, 2.75) is 13.0 Å². The number of hydrogen-bond acceptors (Lipinski definition) is 3. The van der Waals surface area contributed by atoms with Gasteiger partial charge in [-0.2, -0.15) is 0 Å². The van der Waals surface area contributed by atoms with Gasteiger partial charge in [0.1, 0.15) is 11.9 Å². The van der Waals surface area contributed by atoms with Crippen LogP contribution in [0.25, 0.3) is 10.9 Å². The molecule has 0 radical (unpaired) electrons. The van der Waals surface area contributed by atoms with Crippen LogP contribution < -0.4 is 4.74 Å². The van der Waals surface area contributed by atoms with E-state index >= 15 is 0 Å². The molecular weight excluding hydrogens is 262 g/mol. The van der Waals surface area contributed by atoms with Crippen molar-refractivity contribution in [2.75, 3.05) is 7.11 Å². The summed E-state index contributed by atoms with van der Waals surface area (Å²) in [6.07, 6.45) is 1.09. The van der Waals surface area contributed by atoms with Gasteiger partial charge < -0.3 is 9.84 Å². The van der Waals surface area contributed by atoms with Gasteiger partial charge in [0.05, 0.1) is 12.6 Å². The van der Waals surface area contributed by atoms with Crippen LogP contribution in [0.4, 0.5) is 0 Å². The van der Waals surface area contributed by atoms with Crippen molar-refractivity contribution in [3.05, 3.63) is 71.4 Å². The smallest absolute Gasteiger partial charge is 0.122 e. The van der Waals surface area contributed by atoms with Crippen molar-refractivity contribution in [3.8, 4) is 5.75 Å². The van der Waals surface area contributed by atoms with Crippen molar-refractivity contribution in [1.29, 1.82) is 0 Å². The molecule has 3 rings (SSSR count). The summed E-state index contributed by atoms with van der Waals surface area (Å²) < 4.78 is 5.32. The van der Waals surface area contributed by atoms with Crippen molar-refractivity contribution >= 4 is 10.9 Å². The van der Waals surface area contributed by atoms with Crippen molar-refractivity contribution in [1.82, 2.24) is 4.98 Å². The average molecular weight is 279 g/mol. The fraction of sp³-hybridized carbons (Fsp3) is 0.167. The maximum absolute atomic E-state index is 10.6. The number of ether oxygens (including phenoxy) is 1. The predicted molar refractivity (Wildman–Crippen MR) is 83.5 cm³/mol. The molecule has 0 spiro atoms. The minimum atomic E-state index is -0.677. The topological polar surface area (TPSA) is 42.4 Å². The first kappa shape index (κ1) is 13.6. The first-order valence-corrected chi connectivity index (χ1v) is 6.86. The van der Waals surface area contributed by atoms with E-state index in [0.717, 1.165) is 33.3 Å². The Morgan fingerprint density at radius 2 is 1.81 bits per heavy atom. The van der Waals surface area contributed by atoms with Gasteiger partial charge in [0, 0.05) is 11.6 Å². The molecule has 0 aliphatic heterocycles. The van der Waals surface area contributed by atoms with Crippen molar-refractivity contribution < 1.29 is 9.84 Å². The number of rotatable bonds is 3. The monoisotopic (exact) mass is 279 g/mol. The van der Waals surface area contributed by atoms with E-state index in [-0.39, 0.29) is 0 Å². The van der Waals surface area contributed by atoms with Gasteiger partial charge in [0.25, 0.3) is 0 Å². The second-order valence-corrected chi connectivity index (χ2v) is 5.09. The molecule has 0 saturated heterocycles. The summed E-state index contributed by atoms with van der Waals surface area (Å²) >= 11 is 0. The lowest BCUT2D eigenvalue weighted by molar-refractivity contribution is 0.220. The molecule has 1 N–H and O–H groups in total. The van der Waals surface area contributed by atoms with Gasteiger partial charge in [-0.25, -0.2) is 0 Å². The van der Waals surface area contributed by atoms with E-state index in [1.807, 2.05) is 55.5 Å². The van der Waals surface area contributed by atoms with Crippen LogP contribution in [0.3, 0.4) is 0 Å². The van der Waals surface area contributed by atoms with E-state index in [4.69, 9.17) is 4.74 Å². The number of aryl methyl sites for hydroxylation is 1. The van der Waals surface area contributed by atoms with E-state index in [1.54, 1.807) is 13.3 Å². The van der Waals surface area contributed by atoms with Gasteiger partial charge in [-0.1, -0.05) is 24.3 Å². The van der Waals surface area contributed by atoms with Gasteiger partial charge in [0.2, 0.25) is 0 Å². The fourth-order valence-corrected chi connectivity index (χ4v) is 2.46. The number of methoxy groups -OCH3 is 1. The van der Waals surface area contributed by atoms with Crippen molar-refractivity contribution in [3.63, 3.8) is 0 Å². The highest BCUT2D eigenvalue weighted by Gasteiger charge is 2.13. The molecular formula is C18H17NO2. The van der Waals surface area contributed by atoms with E-state index in [1.165, 1.54) is 0 Å². The summed E-state index contributed by atoms with van der Waals surface area (Å²) in [4.78, 5) is 4.29. The lowest BCUT2D eigenvalue weighted by Gasteiger charge is -2.14.